The number of benzene rings is 1. The zero-order valence-electron chi connectivity index (χ0n) is 18.2. The van der Waals surface area contributed by atoms with Crippen LogP contribution in [0.25, 0.3) is 11.1 Å². The van der Waals surface area contributed by atoms with E-state index in [1.807, 2.05) is 0 Å². The topological polar surface area (TPSA) is 128 Å². The minimum absolute atomic E-state index is 0.0760. The molecule has 1 aromatic carbocycles. The number of rotatable bonds is 9. The highest BCUT2D eigenvalue weighted by molar-refractivity contribution is 5.93. The Balaban J connectivity index is 1.46. The van der Waals surface area contributed by atoms with Crippen LogP contribution in [0.4, 0.5) is 21.6 Å². The van der Waals surface area contributed by atoms with Crippen LogP contribution < -0.4 is 10.6 Å². The fourth-order valence-corrected chi connectivity index (χ4v) is 3.42. The van der Waals surface area contributed by atoms with Crippen molar-refractivity contribution < 1.29 is 18.5 Å². The van der Waals surface area contributed by atoms with Crippen molar-refractivity contribution >= 4 is 23.1 Å². The first kappa shape index (κ1) is 22.6. The van der Waals surface area contributed by atoms with Crippen molar-refractivity contribution in [3.8, 4) is 11.1 Å². The molecular formula is C23H21FN6O4. The van der Waals surface area contributed by atoms with Crippen molar-refractivity contribution in [1.82, 2.24) is 14.8 Å². The van der Waals surface area contributed by atoms with Gasteiger partial charge in [-0.2, -0.15) is 5.10 Å². The summed E-state index contributed by atoms with van der Waals surface area (Å²) in [4.78, 5) is 27.3. The predicted molar refractivity (Wildman–Crippen MR) is 122 cm³/mol. The molecule has 4 aromatic rings. The number of pyridine rings is 1. The van der Waals surface area contributed by atoms with E-state index in [1.54, 1.807) is 48.4 Å². The van der Waals surface area contributed by atoms with Gasteiger partial charge >= 0.3 is 5.69 Å². The second-order valence-corrected chi connectivity index (χ2v) is 7.51. The third-order valence-corrected chi connectivity index (χ3v) is 5.08. The van der Waals surface area contributed by atoms with Crippen LogP contribution in [0, 0.1) is 15.9 Å². The maximum absolute atomic E-state index is 14.6. The first-order valence-electron chi connectivity index (χ1n) is 10.4. The number of anilines is 2. The van der Waals surface area contributed by atoms with E-state index in [9.17, 15) is 19.3 Å². The quantitative estimate of drug-likeness (QED) is 0.279. The maximum Gasteiger partial charge on any atom is 0.334 e. The zero-order chi connectivity index (χ0) is 24.1. The number of aryl methyl sites for hydroxylation is 2. The molecule has 0 fully saturated rings. The molecule has 0 spiro atoms. The molecule has 3 aromatic heterocycles. The Morgan fingerprint density at radius 1 is 1.29 bits per heavy atom. The second-order valence-electron chi connectivity index (χ2n) is 7.51. The summed E-state index contributed by atoms with van der Waals surface area (Å²) in [5.41, 5.74) is 1.42. The van der Waals surface area contributed by atoms with Crippen molar-refractivity contribution in [2.24, 2.45) is 7.05 Å². The maximum atomic E-state index is 14.6. The Hall–Kier alpha value is -4.54. The zero-order valence-corrected chi connectivity index (χ0v) is 18.2. The lowest BCUT2D eigenvalue weighted by molar-refractivity contribution is -0.383. The van der Waals surface area contributed by atoms with Crippen LogP contribution in [0.15, 0.2) is 65.7 Å². The lowest BCUT2D eigenvalue weighted by Gasteiger charge is -2.11. The van der Waals surface area contributed by atoms with E-state index in [0.29, 0.717) is 28.9 Å². The minimum Gasteiger partial charge on any atom is -0.469 e. The van der Waals surface area contributed by atoms with E-state index < -0.39 is 16.6 Å². The molecule has 0 saturated carbocycles. The molecule has 4 rings (SSSR count). The first-order valence-corrected chi connectivity index (χ1v) is 10.4. The molecule has 11 heteroatoms. The molecule has 174 valence electrons. The molecule has 2 N–H and O–H groups in total. The molecule has 0 aliphatic carbocycles. The first-order chi connectivity index (χ1) is 16.4. The van der Waals surface area contributed by atoms with Crippen LogP contribution in [0.2, 0.25) is 0 Å². The number of hydrogen-bond donors (Lipinski definition) is 2. The third-order valence-electron chi connectivity index (χ3n) is 5.08. The summed E-state index contributed by atoms with van der Waals surface area (Å²) in [6, 6.07) is 9.60. The van der Waals surface area contributed by atoms with Gasteiger partial charge in [-0.05, 0) is 29.8 Å². The van der Waals surface area contributed by atoms with E-state index in [0.717, 1.165) is 0 Å². The van der Waals surface area contributed by atoms with Gasteiger partial charge in [0.05, 0.1) is 17.4 Å². The number of aromatic nitrogens is 3. The van der Waals surface area contributed by atoms with E-state index in [-0.39, 0.29) is 30.2 Å². The van der Waals surface area contributed by atoms with Gasteiger partial charge in [0.2, 0.25) is 11.7 Å². The summed E-state index contributed by atoms with van der Waals surface area (Å²) >= 11 is 0. The largest absolute Gasteiger partial charge is 0.469 e. The van der Waals surface area contributed by atoms with Crippen LogP contribution in [0.5, 0.6) is 0 Å². The average molecular weight is 464 g/mol. The van der Waals surface area contributed by atoms with Crippen LogP contribution in [-0.2, 0) is 24.8 Å². The molecule has 0 aliphatic heterocycles. The van der Waals surface area contributed by atoms with Gasteiger partial charge in [-0.1, -0.05) is 12.1 Å². The van der Waals surface area contributed by atoms with E-state index in [1.165, 1.54) is 24.6 Å². The van der Waals surface area contributed by atoms with Crippen molar-refractivity contribution in [3.63, 3.8) is 0 Å². The fraction of sp³-hybridized carbons (Fsp3) is 0.174. The molecule has 10 nitrogen and oxygen atoms in total. The molecule has 0 aliphatic rings. The van der Waals surface area contributed by atoms with E-state index >= 15 is 0 Å². The highest BCUT2D eigenvalue weighted by Gasteiger charge is 2.23. The Morgan fingerprint density at radius 2 is 2.15 bits per heavy atom. The molecule has 0 radical (unpaired) electrons. The van der Waals surface area contributed by atoms with Gasteiger partial charge in [-0.15, -0.1) is 0 Å². The van der Waals surface area contributed by atoms with E-state index in [4.69, 9.17) is 4.42 Å². The standard InChI is InChI=1S/C23H21FN6O4/c1-29-14-16(13-27-29)18-6-4-15(11-19(18)24)12-26-20-8-9-25-23(22(20)30(32)33)28-21(31)7-5-17-3-2-10-34-17/h2-4,6,8-11,13-14H,5,7,12H2,1H3,(H2,25,26,28,31). The van der Waals surface area contributed by atoms with E-state index in [2.05, 4.69) is 20.7 Å². The van der Waals surface area contributed by atoms with Crippen molar-refractivity contribution in [2.45, 2.75) is 19.4 Å². The predicted octanol–water partition coefficient (Wildman–Crippen LogP) is 4.31. The minimum atomic E-state index is -0.621. The fourth-order valence-electron chi connectivity index (χ4n) is 3.42. The normalized spacial score (nSPS) is 10.8. The van der Waals surface area contributed by atoms with Gasteiger partial charge < -0.3 is 15.1 Å². The molecular weight excluding hydrogens is 443 g/mol. The van der Waals surface area contributed by atoms with Crippen LogP contribution in [0.3, 0.4) is 0 Å². The number of hydrogen-bond acceptors (Lipinski definition) is 7. The lowest BCUT2D eigenvalue weighted by atomic mass is 10.1. The monoisotopic (exact) mass is 464 g/mol. The number of carbonyl (C=O) groups is 1. The van der Waals surface area contributed by atoms with Gasteiger partial charge in [0, 0.05) is 50.0 Å². The number of nitrogens with one attached hydrogen (secondary N) is 2. The molecule has 0 unspecified atom stereocenters. The van der Waals surface area contributed by atoms with Gasteiger partial charge in [0.15, 0.2) is 0 Å². The van der Waals surface area contributed by atoms with Crippen LogP contribution in [0.1, 0.15) is 17.7 Å². The number of amides is 1. The number of carbonyl (C=O) groups excluding carboxylic acids is 1. The second kappa shape index (κ2) is 9.94. The highest BCUT2D eigenvalue weighted by atomic mass is 19.1. The average Bonchev–Trinajstić information content (AvgIpc) is 3.48. The number of nitrogens with zero attached hydrogens (tertiary/aromatic N) is 4. The van der Waals surface area contributed by atoms with Gasteiger partial charge in [-0.3, -0.25) is 19.6 Å². The molecule has 1 amide bonds. The molecule has 3 heterocycles. The van der Waals surface area contributed by atoms with Gasteiger partial charge in [0.25, 0.3) is 0 Å². The molecule has 0 bridgehead atoms. The third kappa shape index (κ3) is 5.26. The molecule has 34 heavy (non-hydrogen) atoms. The number of nitro groups is 1. The summed E-state index contributed by atoms with van der Waals surface area (Å²) in [6.45, 7) is 0.126. The summed E-state index contributed by atoms with van der Waals surface area (Å²) < 4.78 is 21.4. The molecule has 0 saturated heterocycles. The lowest BCUT2D eigenvalue weighted by Crippen LogP contribution is -2.15. The van der Waals surface area contributed by atoms with Crippen molar-refractivity contribution in [2.75, 3.05) is 10.6 Å². The Labute approximate surface area is 193 Å². The Morgan fingerprint density at radius 3 is 2.82 bits per heavy atom. The van der Waals surface area contributed by atoms with Crippen LogP contribution >= 0.6 is 0 Å². The SMILES string of the molecule is Cn1cc(-c2ccc(CNc3ccnc(NC(=O)CCc4ccco4)c3[N+](=O)[O-])cc2F)cn1. The number of halogens is 1. The summed E-state index contributed by atoms with van der Waals surface area (Å²) in [5.74, 6) is -0.398. The highest BCUT2D eigenvalue weighted by Crippen LogP contribution is 2.32. The summed E-state index contributed by atoms with van der Waals surface area (Å²) in [7, 11) is 1.75. The Bertz CT molecular complexity index is 1320. The van der Waals surface area contributed by atoms with Crippen molar-refractivity contribution in [1.29, 1.82) is 0 Å². The van der Waals surface area contributed by atoms with Crippen molar-refractivity contribution in [3.05, 3.63) is 88.5 Å². The van der Waals surface area contributed by atoms with Crippen LogP contribution in [-0.4, -0.2) is 25.6 Å². The van der Waals surface area contributed by atoms with Gasteiger partial charge in [-0.25, -0.2) is 9.37 Å². The Kier molecular flexibility index (Phi) is 6.62. The molecule has 0 atom stereocenters. The summed E-state index contributed by atoms with van der Waals surface area (Å²) in [5, 5.41) is 21.2. The summed E-state index contributed by atoms with van der Waals surface area (Å²) in [6.07, 6.45) is 6.57. The number of furan rings is 1. The van der Waals surface area contributed by atoms with Gasteiger partial charge in [0.1, 0.15) is 17.3 Å². The smallest absolute Gasteiger partial charge is 0.334 e.